The first kappa shape index (κ1) is 25.3. The highest BCUT2D eigenvalue weighted by Crippen LogP contribution is 2.32. The number of benzene rings is 3. The fourth-order valence-electron chi connectivity index (χ4n) is 3.62. The van der Waals surface area contributed by atoms with Crippen LogP contribution in [0.1, 0.15) is 67.9 Å². The fourth-order valence-corrected chi connectivity index (χ4v) is 3.80. The third kappa shape index (κ3) is 6.17. The summed E-state index contributed by atoms with van der Waals surface area (Å²) in [5.74, 6) is 0.544. The molecule has 0 aliphatic rings. The maximum absolute atomic E-state index is 13.0. The van der Waals surface area contributed by atoms with E-state index in [0.717, 1.165) is 16.8 Å². The van der Waals surface area contributed by atoms with Crippen molar-refractivity contribution in [2.24, 2.45) is 0 Å². The van der Waals surface area contributed by atoms with Crippen LogP contribution in [0.3, 0.4) is 0 Å². The summed E-state index contributed by atoms with van der Waals surface area (Å²) in [5, 5.41) is 6.33. The maximum Gasteiger partial charge on any atom is 0.265 e. The highest BCUT2D eigenvalue weighted by molar-refractivity contribution is 6.33. The monoisotopic (exact) mass is 478 g/mol. The van der Waals surface area contributed by atoms with Crippen LogP contribution in [-0.4, -0.2) is 17.9 Å². The van der Waals surface area contributed by atoms with Gasteiger partial charge in [0.25, 0.3) is 11.8 Å². The smallest absolute Gasteiger partial charge is 0.265 e. The number of nitrogens with one attached hydrogen (secondary N) is 2. The number of halogens is 1. The van der Waals surface area contributed by atoms with Crippen LogP contribution in [0.5, 0.6) is 5.75 Å². The van der Waals surface area contributed by atoms with E-state index in [1.54, 1.807) is 55.5 Å². The Hall–Kier alpha value is -3.31. The van der Waals surface area contributed by atoms with Gasteiger partial charge in [0.2, 0.25) is 0 Å². The second-order valence-electron chi connectivity index (χ2n) is 8.83. The first-order valence-electron chi connectivity index (χ1n) is 11.4. The Balaban J connectivity index is 1.68. The molecule has 2 amide bonds. The lowest BCUT2D eigenvalue weighted by Crippen LogP contribution is -2.30. The standard InChI is InChI=1S/C28H31ClN2O3/c1-17(2)22-9-8-10-23(18(3)4)26(22)31-28(33)20-13-15-21(16-14-20)34-19(5)27(32)30-25-12-7-6-11-24(25)29/h6-19H,1-5H3,(H,30,32)(H,31,33). The van der Waals surface area contributed by atoms with Gasteiger partial charge in [0, 0.05) is 11.3 Å². The van der Waals surface area contributed by atoms with Crippen LogP contribution in [0, 0.1) is 0 Å². The van der Waals surface area contributed by atoms with Crippen LogP contribution < -0.4 is 15.4 Å². The van der Waals surface area contributed by atoms with Crippen LogP contribution in [0.2, 0.25) is 5.02 Å². The van der Waals surface area contributed by atoms with Gasteiger partial charge in [-0.3, -0.25) is 9.59 Å². The normalized spacial score (nSPS) is 11.9. The molecule has 0 bridgehead atoms. The zero-order valence-corrected chi connectivity index (χ0v) is 20.9. The van der Waals surface area contributed by atoms with Crippen molar-refractivity contribution in [2.45, 2.75) is 52.6 Å². The number of rotatable bonds is 8. The molecule has 0 heterocycles. The van der Waals surface area contributed by atoms with E-state index in [1.807, 2.05) is 6.07 Å². The summed E-state index contributed by atoms with van der Waals surface area (Å²) in [6.45, 7) is 10.1. The predicted octanol–water partition coefficient (Wildman–Crippen LogP) is 7.25. The van der Waals surface area contributed by atoms with Gasteiger partial charge in [-0.1, -0.05) is 69.6 Å². The van der Waals surface area contributed by atoms with Crippen molar-refractivity contribution in [1.82, 2.24) is 0 Å². The summed E-state index contributed by atoms with van der Waals surface area (Å²) in [5.41, 5.74) is 4.13. The number of anilines is 2. The number of amides is 2. The van der Waals surface area contributed by atoms with Crippen LogP contribution >= 0.6 is 11.6 Å². The molecular weight excluding hydrogens is 448 g/mol. The average Bonchev–Trinajstić information content (AvgIpc) is 2.80. The largest absolute Gasteiger partial charge is 0.481 e. The molecule has 0 aliphatic heterocycles. The molecule has 0 aromatic heterocycles. The Bertz CT molecular complexity index is 1130. The Morgan fingerprint density at radius 1 is 0.765 bits per heavy atom. The molecule has 5 nitrogen and oxygen atoms in total. The van der Waals surface area contributed by atoms with Crippen molar-refractivity contribution >= 4 is 34.8 Å². The molecule has 3 aromatic rings. The number of hydrogen-bond acceptors (Lipinski definition) is 3. The zero-order chi connectivity index (χ0) is 24.8. The second kappa shape index (κ2) is 11.2. The molecule has 0 aliphatic carbocycles. The lowest BCUT2D eigenvalue weighted by molar-refractivity contribution is -0.122. The molecule has 0 radical (unpaired) electrons. The minimum Gasteiger partial charge on any atom is -0.481 e. The quantitative estimate of drug-likeness (QED) is 0.358. The summed E-state index contributed by atoms with van der Waals surface area (Å²) in [7, 11) is 0. The predicted molar refractivity (Wildman–Crippen MR) is 139 cm³/mol. The fraction of sp³-hybridized carbons (Fsp3) is 0.286. The molecule has 3 rings (SSSR count). The number of carbonyl (C=O) groups excluding carboxylic acids is 2. The van der Waals surface area contributed by atoms with Gasteiger partial charge in [-0.15, -0.1) is 0 Å². The van der Waals surface area contributed by atoms with Crippen LogP contribution in [0.15, 0.2) is 66.7 Å². The minimum atomic E-state index is -0.748. The summed E-state index contributed by atoms with van der Waals surface area (Å²) < 4.78 is 5.76. The van der Waals surface area contributed by atoms with Gasteiger partial charge in [0.15, 0.2) is 6.10 Å². The number of para-hydroxylation sites is 2. The van der Waals surface area contributed by atoms with Crippen LogP contribution in [-0.2, 0) is 4.79 Å². The molecule has 0 spiro atoms. The summed E-state index contributed by atoms with van der Waals surface area (Å²) in [4.78, 5) is 25.5. The topological polar surface area (TPSA) is 67.4 Å². The molecule has 6 heteroatoms. The van der Waals surface area contributed by atoms with E-state index in [4.69, 9.17) is 16.3 Å². The molecule has 3 aromatic carbocycles. The Labute approximate surface area is 206 Å². The highest BCUT2D eigenvalue weighted by Gasteiger charge is 2.18. The maximum atomic E-state index is 13.0. The van der Waals surface area contributed by atoms with Gasteiger partial charge in [-0.25, -0.2) is 0 Å². The van der Waals surface area contributed by atoms with Crippen molar-refractivity contribution in [3.05, 3.63) is 88.4 Å². The van der Waals surface area contributed by atoms with Gasteiger partial charge in [-0.05, 0) is 66.3 Å². The lowest BCUT2D eigenvalue weighted by Gasteiger charge is -2.20. The van der Waals surface area contributed by atoms with E-state index in [2.05, 4.69) is 50.5 Å². The van der Waals surface area contributed by atoms with E-state index in [9.17, 15) is 9.59 Å². The average molecular weight is 479 g/mol. The van der Waals surface area contributed by atoms with Crippen molar-refractivity contribution < 1.29 is 14.3 Å². The Morgan fingerprint density at radius 2 is 1.35 bits per heavy atom. The molecule has 1 unspecified atom stereocenters. The summed E-state index contributed by atoms with van der Waals surface area (Å²) >= 11 is 6.10. The van der Waals surface area contributed by atoms with Crippen molar-refractivity contribution in [3.63, 3.8) is 0 Å². The SMILES string of the molecule is CC(Oc1ccc(C(=O)Nc2c(C(C)C)cccc2C(C)C)cc1)C(=O)Nc1ccccc1Cl. The van der Waals surface area contributed by atoms with Crippen LogP contribution in [0.4, 0.5) is 11.4 Å². The first-order valence-corrected chi connectivity index (χ1v) is 11.8. The molecule has 178 valence electrons. The number of ether oxygens (including phenoxy) is 1. The molecule has 2 N–H and O–H groups in total. The van der Waals surface area contributed by atoms with Crippen LogP contribution in [0.25, 0.3) is 0 Å². The van der Waals surface area contributed by atoms with Gasteiger partial charge in [-0.2, -0.15) is 0 Å². The van der Waals surface area contributed by atoms with E-state index in [1.165, 1.54) is 0 Å². The van der Waals surface area contributed by atoms with Crippen molar-refractivity contribution in [2.75, 3.05) is 10.6 Å². The summed E-state index contributed by atoms with van der Waals surface area (Å²) in [6, 6.07) is 19.9. The Kier molecular flexibility index (Phi) is 8.35. The van der Waals surface area contributed by atoms with E-state index < -0.39 is 6.10 Å². The molecule has 34 heavy (non-hydrogen) atoms. The van der Waals surface area contributed by atoms with Gasteiger partial charge in [0.05, 0.1) is 10.7 Å². The lowest BCUT2D eigenvalue weighted by atomic mass is 9.92. The van der Waals surface area contributed by atoms with Crippen molar-refractivity contribution in [1.29, 1.82) is 0 Å². The zero-order valence-electron chi connectivity index (χ0n) is 20.2. The number of hydrogen-bond donors (Lipinski definition) is 2. The van der Waals surface area contributed by atoms with Gasteiger partial charge in [0.1, 0.15) is 5.75 Å². The van der Waals surface area contributed by atoms with Gasteiger partial charge >= 0.3 is 0 Å². The van der Waals surface area contributed by atoms with E-state index in [-0.39, 0.29) is 23.7 Å². The molecule has 0 saturated heterocycles. The van der Waals surface area contributed by atoms with E-state index >= 15 is 0 Å². The third-order valence-electron chi connectivity index (χ3n) is 5.54. The summed E-state index contributed by atoms with van der Waals surface area (Å²) in [6.07, 6.45) is -0.748. The highest BCUT2D eigenvalue weighted by atomic mass is 35.5. The van der Waals surface area contributed by atoms with Gasteiger partial charge < -0.3 is 15.4 Å². The molecule has 1 atom stereocenters. The Morgan fingerprint density at radius 3 is 1.91 bits per heavy atom. The molecule has 0 fully saturated rings. The molecular formula is C28H31ClN2O3. The second-order valence-corrected chi connectivity index (χ2v) is 9.24. The first-order chi connectivity index (χ1) is 16.2. The number of carbonyl (C=O) groups is 2. The van der Waals surface area contributed by atoms with Crippen molar-refractivity contribution in [3.8, 4) is 5.75 Å². The van der Waals surface area contributed by atoms with E-state index in [0.29, 0.717) is 22.0 Å². The molecule has 0 saturated carbocycles. The minimum absolute atomic E-state index is 0.189. The third-order valence-corrected chi connectivity index (χ3v) is 5.87.